The van der Waals surface area contributed by atoms with Crippen LogP contribution in [0.1, 0.15) is 35.4 Å². The molecule has 1 amide bonds. The van der Waals surface area contributed by atoms with E-state index in [2.05, 4.69) is 4.98 Å². The zero-order valence-electron chi connectivity index (χ0n) is 11.8. The molecule has 3 N–H and O–H groups in total. The zero-order valence-corrected chi connectivity index (χ0v) is 12.6. The molecule has 0 bridgehead atoms. The first-order valence-corrected chi connectivity index (χ1v) is 8.09. The molecule has 3 rings (SSSR count). The van der Waals surface area contributed by atoms with Crippen molar-refractivity contribution >= 4 is 33.1 Å². The first kappa shape index (κ1) is 14.3. The molecule has 0 aromatic carbocycles. The van der Waals surface area contributed by atoms with Crippen molar-refractivity contribution in [2.24, 2.45) is 0 Å². The van der Waals surface area contributed by atoms with E-state index in [1.165, 1.54) is 11.3 Å². The quantitative estimate of drug-likeness (QED) is 0.888. The third kappa shape index (κ3) is 2.61. The molecule has 1 saturated carbocycles. The summed E-state index contributed by atoms with van der Waals surface area (Å²) in [5.41, 5.74) is 6.67. The molecule has 2 aromatic heterocycles. The van der Waals surface area contributed by atoms with Crippen molar-refractivity contribution in [2.45, 2.75) is 31.7 Å². The van der Waals surface area contributed by atoms with Gasteiger partial charge in [-0.05, 0) is 37.8 Å². The fraction of sp³-hybridized carbons (Fsp3) is 0.467. The fourth-order valence-electron chi connectivity index (χ4n) is 2.63. The van der Waals surface area contributed by atoms with Gasteiger partial charge in [0.1, 0.15) is 9.71 Å². The van der Waals surface area contributed by atoms with Gasteiger partial charge in [-0.3, -0.25) is 4.79 Å². The van der Waals surface area contributed by atoms with Gasteiger partial charge in [0.15, 0.2) is 0 Å². The van der Waals surface area contributed by atoms with E-state index >= 15 is 0 Å². The highest BCUT2D eigenvalue weighted by atomic mass is 32.1. The van der Waals surface area contributed by atoms with Crippen LogP contribution in [0.15, 0.2) is 18.3 Å². The molecule has 5 nitrogen and oxygen atoms in total. The van der Waals surface area contributed by atoms with E-state index in [9.17, 15) is 4.79 Å². The van der Waals surface area contributed by atoms with Crippen LogP contribution < -0.4 is 5.73 Å². The Balaban J connectivity index is 1.91. The van der Waals surface area contributed by atoms with Gasteiger partial charge in [0, 0.05) is 30.8 Å². The summed E-state index contributed by atoms with van der Waals surface area (Å²) < 4.78 is 0. The average Bonchev–Trinajstić information content (AvgIpc) is 2.78. The van der Waals surface area contributed by atoms with Crippen LogP contribution in [-0.2, 0) is 0 Å². The Hall–Kier alpha value is -1.66. The summed E-state index contributed by atoms with van der Waals surface area (Å²) in [6.45, 7) is 0.682. The fourth-order valence-corrected chi connectivity index (χ4v) is 3.65. The van der Waals surface area contributed by atoms with Crippen molar-refractivity contribution in [3.8, 4) is 0 Å². The first-order valence-electron chi connectivity index (χ1n) is 7.27. The minimum Gasteiger partial charge on any atom is -0.397 e. The third-order valence-corrected chi connectivity index (χ3v) is 5.15. The van der Waals surface area contributed by atoms with Gasteiger partial charge in [0.2, 0.25) is 0 Å². The number of nitrogens with zero attached hydrogens (tertiary/aromatic N) is 2. The number of nitrogens with two attached hydrogens (primary N) is 1. The first-order chi connectivity index (χ1) is 10.2. The lowest BCUT2D eigenvalue weighted by atomic mass is 9.91. The number of carbonyl (C=O) groups is 1. The lowest BCUT2D eigenvalue weighted by Gasteiger charge is -2.37. The molecule has 0 saturated heterocycles. The number of anilines is 1. The normalized spacial score (nSPS) is 15.1. The van der Waals surface area contributed by atoms with Crippen LogP contribution in [0.3, 0.4) is 0 Å². The summed E-state index contributed by atoms with van der Waals surface area (Å²) in [4.78, 5) is 20.3. The number of rotatable bonds is 5. The van der Waals surface area contributed by atoms with Crippen LogP contribution in [0.2, 0.25) is 0 Å². The van der Waals surface area contributed by atoms with Crippen molar-refractivity contribution in [2.75, 3.05) is 18.9 Å². The van der Waals surface area contributed by atoms with Gasteiger partial charge >= 0.3 is 0 Å². The molecule has 0 radical (unpaired) electrons. The number of aliphatic hydroxyl groups excluding tert-OH is 1. The second-order valence-corrected chi connectivity index (χ2v) is 6.36. The maximum absolute atomic E-state index is 12.8. The molecule has 2 aromatic rings. The zero-order chi connectivity index (χ0) is 14.8. The van der Waals surface area contributed by atoms with Crippen LogP contribution in [0.25, 0.3) is 10.2 Å². The van der Waals surface area contributed by atoms with Crippen molar-refractivity contribution in [3.05, 3.63) is 23.2 Å². The Labute approximate surface area is 127 Å². The second-order valence-electron chi connectivity index (χ2n) is 5.36. The predicted octanol–water partition coefficient (Wildman–Crippen LogP) is 2.26. The second kappa shape index (κ2) is 5.99. The Morgan fingerprint density at radius 3 is 2.95 bits per heavy atom. The van der Waals surface area contributed by atoms with Gasteiger partial charge in [-0.25, -0.2) is 4.98 Å². The molecule has 21 heavy (non-hydrogen) atoms. The third-order valence-electron chi connectivity index (χ3n) is 4.03. The van der Waals surface area contributed by atoms with Crippen molar-refractivity contribution < 1.29 is 9.90 Å². The number of aromatic nitrogens is 1. The summed E-state index contributed by atoms with van der Waals surface area (Å²) in [5, 5.41) is 9.89. The highest BCUT2D eigenvalue weighted by Crippen LogP contribution is 2.35. The van der Waals surface area contributed by atoms with Gasteiger partial charge in [-0.2, -0.15) is 0 Å². The molecular formula is C15H19N3O2S. The van der Waals surface area contributed by atoms with Crippen molar-refractivity contribution in [1.29, 1.82) is 0 Å². The largest absolute Gasteiger partial charge is 0.397 e. The number of hydrogen-bond donors (Lipinski definition) is 2. The predicted molar refractivity (Wildman–Crippen MR) is 84.4 cm³/mol. The summed E-state index contributed by atoms with van der Waals surface area (Å²) >= 11 is 1.36. The van der Waals surface area contributed by atoms with E-state index in [0.717, 1.165) is 29.5 Å². The SMILES string of the molecule is Nc1c(C(=O)N(CCCO)C2CCC2)sc2ncccc12. The van der Waals surface area contributed by atoms with Crippen molar-refractivity contribution in [3.63, 3.8) is 0 Å². The minimum atomic E-state index is -0.0198. The lowest BCUT2D eigenvalue weighted by molar-refractivity contribution is 0.0568. The average molecular weight is 305 g/mol. The van der Waals surface area contributed by atoms with Gasteiger partial charge in [0.05, 0.1) is 5.69 Å². The highest BCUT2D eigenvalue weighted by molar-refractivity contribution is 7.21. The Kier molecular flexibility index (Phi) is 4.07. The molecule has 0 aliphatic heterocycles. The van der Waals surface area contributed by atoms with E-state index in [0.29, 0.717) is 29.6 Å². The molecule has 0 spiro atoms. The van der Waals surface area contributed by atoms with Crippen LogP contribution in [0, 0.1) is 0 Å². The molecule has 1 aliphatic carbocycles. The molecule has 1 fully saturated rings. The molecular weight excluding hydrogens is 286 g/mol. The minimum absolute atomic E-state index is 0.0198. The molecule has 2 heterocycles. The van der Waals surface area contributed by atoms with E-state index in [1.54, 1.807) is 6.20 Å². The van der Waals surface area contributed by atoms with Crippen LogP contribution >= 0.6 is 11.3 Å². The smallest absolute Gasteiger partial charge is 0.266 e. The highest BCUT2D eigenvalue weighted by Gasteiger charge is 2.31. The van der Waals surface area contributed by atoms with Crippen LogP contribution in [-0.4, -0.2) is 40.1 Å². The van der Waals surface area contributed by atoms with Crippen LogP contribution in [0.5, 0.6) is 0 Å². The van der Waals surface area contributed by atoms with E-state index in [-0.39, 0.29) is 12.5 Å². The number of fused-ring (bicyclic) bond motifs is 1. The number of thiophene rings is 1. The van der Waals surface area contributed by atoms with E-state index < -0.39 is 0 Å². The number of pyridine rings is 1. The van der Waals surface area contributed by atoms with Crippen LogP contribution in [0.4, 0.5) is 5.69 Å². The maximum Gasteiger partial charge on any atom is 0.266 e. The molecule has 112 valence electrons. The van der Waals surface area contributed by atoms with E-state index in [4.69, 9.17) is 10.8 Å². The lowest BCUT2D eigenvalue weighted by Crippen LogP contribution is -2.44. The standard InChI is InChI=1S/C15H19N3O2S/c16-12-11-6-2-7-17-14(11)21-13(12)15(20)18(8-3-9-19)10-4-1-5-10/h2,6-7,10,19H,1,3-5,8-9,16H2. The summed E-state index contributed by atoms with van der Waals surface area (Å²) in [6.07, 6.45) is 5.56. The topological polar surface area (TPSA) is 79.5 Å². The number of nitrogen functional groups attached to an aromatic ring is 1. The number of hydrogen-bond acceptors (Lipinski definition) is 5. The van der Waals surface area contributed by atoms with Gasteiger partial charge in [-0.15, -0.1) is 11.3 Å². The molecule has 0 atom stereocenters. The maximum atomic E-state index is 12.8. The van der Waals surface area contributed by atoms with E-state index in [1.807, 2.05) is 17.0 Å². The monoisotopic (exact) mass is 305 g/mol. The summed E-state index contributed by atoms with van der Waals surface area (Å²) in [5.74, 6) is -0.0198. The van der Waals surface area contributed by atoms with Crippen molar-refractivity contribution in [1.82, 2.24) is 9.88 Å². The van der Waals surface area contributed by atoms with Gasteiger partial charge in [-0.1, -0.05) is 0 Å². The van der Waals surface area contributed by atoms with Gasteiger partial charge in [0.25, 0.3) is 5.91 Å². The summed E-state index contributed by atoms with van der Waals surface area (Å²) in [7, 11) is 0. The summed E-state index contributed by atoms with van der Waals surface area (Å²) in [6, 6.07) is 4.02. The Bertz CT molecular complexity index is 651. The Morgan fingerprint density at radius 2 is 2.33 bits per heavy atom. The van der Waals surface area contributed by atoms with Gasteiger partial charge < -0.3 is 15.7 Å². The molecule has 1 aliphatic rings. The number of carbonyl (C=O) groups excluding carboxylic acids is 1. The number of aliphatic hydroxyl groups is 1. The Morgan fingerprint density at radius 1 is 1.52 bits per heavy atom. The number of amides is 1. The molecule has 0 unspecified atom stereocenters. The molecule has 6 heteroatoms.